The molecule has 5 nitrogen and oxygen atoms in total. The number of nitrogens with two attached hydrogens (primary N) is 1. The average Bonchev–Trinajstić information content (AvgIpc) is 2.33. The van der Waals surface area contributed by atoms with Crippen LogP contribution in [0.3, 0.4) is 0 Å². The summed E-state index contributed by atoms with van der Waals surface area (Å²) in [6.45, 7) is 1.90. The minimum absolute atomic E-state index is 0.273. The van der Waals surface area contributed by atoms with Crippen molar-refractivity contribution >= 4 is 17.4 Å². The average molecular weight is 228 g/mol. The van der Waals surface area contributed by atoms with Crippen LogP contribution < -0.4 is 11.1 Å². The van der Waals surface area contributed by atoms with E-state index in [2.05, 4.69) is 15.3 Å². The highest BCUT2D eigenvalue weighted by Crippen LogP contribution is 2.15. The van der Waals surface area contributed by atoms with Gasteiger partial charge < -0.3 is 11.1 Å². The SMILES string of the molecule is Cc1ccc(N)c(C(=O)Nc2ccncn2)c1. The monoisotopic (exact) mass is 228 g/mol. The smallest absolute Gasteiger partial charge is 0.258 e. The Kier molecular flexibility index (Phi) is 3.00. The third-order valence-electron chi connectivity index (χ3n) is 2.28. The lowest BCUT2D eigenvalue weighted by Gasteiger charge is -2.07. The normalized spacial score (nSPS) is 9.94. The fourth-order valence-electron chi connectivity index (χ4n) is 1.42. The van der Waals surface area contributed by atoms with Crippen LogP contribution in [-0.4, -0.2) is 15.9 Å². The Bertz CT molecular complexity index is 539. The molecule has 1 aromatic heterocycles. The van der Waals surface area contributed by atoms with Crippen molar-refractivity contribution in [3.05, 3.63) is 47.9 Å². The number of aryl methyl sites for hydroxylation is 1. The van der Waals surface area contributed by atoms with E-state index in [4.69, 9.17) is 5.73 Å². The van der Waals surface area contributed by atoms with Crippen LogP contribution >= 0.6 is 0 Å². The van der Waals surface area contributed by atoms with Gasteiger partial charge in [-0.2, -0.15) is 0 Å². The lowest BCUT2D eigenvalue weighted by molar-refractivity contribution is 0.102. The van der Waals surface area contributed by atoms with E-state index >= 15 is 0 Å². The molecule has 17 heavy (non-hydrogen) atoms. The highest BCUT2D eigenvalue weighted by Gasteiger charge is 2.10. The lowest BCUT2D eigenvalue weighted by atomic mass is 10.1. The van der Waals surface area contributed by atoms with Crippen molar-refractivity contribution < 1.29 is 4.79 Å². The Morgan fingerprint density at radius 3 is 2.88 bits per heavy atom. The Balaban J connectivity index is 2.23. The van der Waals surface area contributed by atoms with Crippen LogP contribution in [0.2, 0.25) is 0 Å². The van der Waals surface area contributed by atoms with Crippen LogP contribution in [-0.2, 0) is 0 Å². The number of nitrogen functional groups attached to an aromatic ring is 1. The van der Waals surface area contributed by atoms with E-state index in [9.17, 15) is 4.79 Å². The van der Waals surface area contributed by atoms with Crippen LogP contribution in [0.1, 0.15) is 15.9 Å². The van der Waals surface area contributed by atoms with Crippen molar-refractivity contribution in [1.29, 1.82) is 0 Å². The fraction of sp³-hybridized carbons (Fsp3) is 0.0833. The molecule has 0 saturated carbocycles. The molecule has 0 radical (unpaired) electrons. The molecular weight excluding hydrogens is 216 g/mol. The summed E-state index contributed by atoms with van der Waals surface area (Å²) in [4.78, 5) is 19.6. The number of hydrogen-bond acceptors (Lipinski definition) is 4. The quantitative estimate of drug-likeness (QED) is 0.765. The van der Waals surface area contributed by atoms with Gasteiger partial charge in [0.1, 0.15) is 12.1 Å². The molecule has 0 saturated heterocycles. The van der Waals surface area contributed by atoms with Gasteiger partial charge in [-0.25, -0.2) is 9.97 Å². The molecule has 0 unspecified atom stereocenters. The number of aromatic nitrogens is 2. The lowest BCUT2D eigenvalue weighted by Crippen LogP contribution is -2.15. The number of carbonyl (C=O) groups excluding carboxylic acids is 1. The Morgan fingerprint density at radius 1 is 1.35 bits per heavy atom. The summed E-state index contributed by atoms with van der Waals surface area (Å²) >= 11 is 0. The molecule has 0 spiro atoms. The van der Waals surface area contributed by atoms with Crippen molar-refractivity contribution in [2.24, 2.45) is 0 Å². The molecule has 5 heteroatoms. The Labute approximate surface area is 98.7 Å². The first-order valence-corrected chi connectivity index (χ1v) is 5.10. The second-order valence-corrected chi connectivity index (χ2v) is 3.64. The molecule has 2 aromatic rings. The summed E-state index contributed by atoms with van der Waals surface area (Å²) in [5.74, 6) is 0.177. The minimum Gasteiger partial charge on any atom is -0.398 e. The van der Waals surface area contributed by atoms with E-state index < -0.39 is 0 Å². The number of hydrogen-bond donors (Lipinski definition) is 2. The summed E-state index contributed by atoms with van der Waals surface area (Å²) in [7, 11) is 0. The predicted molar refractivity (Wildman–Crippen MR) is 65.6 cm³/mol. The van der Waals surface area contributed by atoms with E-state index in [0.717, 1.165) is 5.56 Å². The number of anilines is 2. The third-order valence-corrected chi connectivity index (χ3v) is 2.28. The summed E-state index contributed by atoms with van der Waals surface area (Å²) in [5, 5.41) is 2.66. The molecule has 0 aliphatic carbocycles. The maximum Gasteiger partial charge on any atom is 0.258 e. The van der Waals surface area contributed by atoms with E-state index in [1.54, 1.807) is 24.4 Å². The van der Waals surface area contributed by atoms with Crippen molar-refractivity contribution in [3.63, 3.8) is 0 Å². The molecular formula is C12H12N4O. The van der Waals surface area contributed by atoms with Crippen LogP contribution in [0.25, 0.3) is 0 Å². The summed E-state index contributed by atoms with van der Waals surface area (Å²) < 4.78 is 0. The molecule has 0 aliphatic rings. The van der Waals surface area contributed by atoms with Crippen molar-refractivity contribution in [1.82, 2.24) is 9.97 Å². The zero-order valence-corrected chi connectivity index (χ0v) is 9.34. The topological polar surface area (TPSA) is 80.9 Å². The fourth-order valence-corrected chi connectivity index (χ4v) is 1.42. The zero-order chi connectivity index (χ0) is 12.3. The number of nitrogens with one attached hydrogen (secondary N) is 1. The molecule has 0 fully saturated rings. The molecule has 0 atom stereocenters. The first-order chi connectivity index (χ1) is 8.16. The molecule has 86 valence electrons. The van der Waals surface area contributed by atoms with Crippen LogP contribution in [0, 0.1) is 6.92 Å². The van der Waals surface area contributed by atoms with Gasteiger partial charge in [0.25, 0.3) is 5.91 Å². The van der Waals surface area contributed by atoms with Crippen molar-refractivity contribution in [2.45, 2.75) is 6.92 Å². The largest absolute Gasteiger partial charge is 0.398 e. The van der Waals surface area contributed by atoms with E-state index in [0.29, 0.717) is 17.1 Å². The molecule has 1 amide bonds. The summed E-state index contributed by atoms with van der Waals surface area (Å²) in [6, 6.07) is 6.93. The van der Waals surface area contributed by atoms with Gasteiger partial charge in [0, 0.05) is 11.9 Å². The molecule has 2 rings (SSSR count). The van der Waals surface area contributed by atoms with Gasteiger partial charge in [0.2, 0.25) is 0 Å². The predicted octanol–water partition coefficient (Wildman–Crippen LogP) is 1.62. The highest BCUT2D eigenvalue weighted by molar-refractivity contribution is 6.07. The van der Waals surface area contributed by atoms with Gasteiger partial charge >= 0.3 is 0 Å². The van der Waals surface area contributed by atoms with Gasteiger partial charge in [-0.15, -0.1) is 0 Å². The summed E-state index contributed by atoms with van der Waals surface area (Å²) in [5.41, 5.74) is 7.62. The molecule has 1 aromatic carbocycles. The standard InChI is InChI=1S/C12H12N4O/c1-8-2-3-10(13)9(6-8)12(17)16-11-4-5-14-7-15-11/h2-7H,13H2,1H3,(H,14,15,16,17). The van der Waals surface area contributed by atoms with Crippen molar-refractivity contribution in [2.75, 3.05) is 11.1 Å². The maximum absolute atomic E-state index is 11.9. The minimum atomic E-state index is -0.273. The second kappa shape index (κ2) is 4.61. The molecule has 1 heterocycles. The van der Waals surface area contributed by atoms with Gasteiger partial charge in [-0.3, -0.25) is 4.79 Å². The Morgan fingerprint density at radius 2 is 2.18 bits per heavy atom. The van der Waals surface area contributed by atoms with Crippen LogP contribution in [0.4, 0.5) is 11.5 Å². The molecule has 3 N–H and O–H groups in total. The van der Waals surface area contributed by atoms with E-state index in [1.807, 2.05) is 13.0 Å². The third kappa shape index (κ3) is 2.57. The maximum atomic E-state index is 11.9. The van der Waals surface area contributed by atoms with Crippen LogP contribution in [0.5, 0.6) is 0 Å². The Hall–Kier alpha value is -2.43. The number of amides is 1. The summed E-state index contributed by atoms with van der Waals surface area (Å²) in [6.07, 6.45) is 2.93. The van der Waals surface area contributed by atoms with Gasteiger partial charge in [-0.1, -0.05) is 11.6 Å². The molecule has 0 aliphatic heterocycles. The second-order valence-electron chi connectivity index (χ2n) is 3.64. The first-order valence-electron chi connectivity index (χ1n) is 5.10. The number of nitrogens with zero attached hydrogens (tertiary/aromatic N) is 2. The van der Waals surface area contributed by atoms with Crippen molar-refractivity contribution in [3.8, 4) is 0 Å². The van der Waals surface area contributed by atoms with Gasteiger partial charge in [-0.05, 0) is 25.1 Å². The number of rotatable bonds is 2. The highest BCUT2D eigenvalue weighted by atomic mass is 16.1. The van der Waals surface area contributed by atoms with Crippen LogP contribution in [0.15, 0.2) is 36.8 Å². The van der Waals surface area contributed by atoms with Gasteiger partial charge in [0.05, 0.1) is 5.56 Å². The van der Waals surface area contributed by atoms with E-state index in [-0.39, 0.29) is 5.91 Å². The van der Waals surface area contributed by atoms with E-state index in [1.165, 1.54) is 6.33 Å². The van der Waals surface area contributed by atoms with Gasteiger partial charge in [0.15, 0.2) is 0 Å². The number of carbonyl (C=O) groups is 1. The molecule has 0 bridgehead atoms. The number of benzene rings is 1. The zero-order valence-electron chi connectivity index (χ0n) is 9.34. The first kappa shape index (κ1) is 11.1.